The second-order valence-electron chi connectivity index (χ2n) is 2.60. The molecule has 14 heavy (non-hydrogen) atoms. The zero-order valence-electron chi connectivity index (χ0n) is 6.80. The van der Waals surface area contributed by atoms with Crippen molar-refractivity contribution < 1.29 is 4.52 Å². The molecule has 2 nitrogen and oxygen atoms in total. The van der Waals surface area contributed by atoms with Gasteiger partial charge in [0.15, 0.2) is 0 Å². The van der Waals surface area contributed by atoms with Crippen LogP contribution in [0.15, 0.2) is 37.7 Å². The first-order valence-corrected chi connectivity index (χ1v) is 5.72. The molecule has 0 aliphatic heterocycles. The normalized spacial score (nSPS) is 10.5. The zero-order chi connectivity index (χ0) is 10.1. The van der Waals surface area contributed by atoms with Crippen LogP contribution in [-0.4, -0.2) is 5.16 Å². The Hall–Kier alpha value is -0.320. The molecule has 0 saturated heterocycles. The Balaban J connectivity index is 2.60. The molecule has 0 bridgehead atoms. The summed E-state index contributed by atoms with van der Waals surface area (Å²) < 4.78 is 6.47. The summed E-state index contributed by atoms with van der Waals surface area (Å²) in [7, 11) is 0. The van der Waals surface area contributed by atoms with Crippen molar-refractivity contribution in [3.8, 4) is 11.3 Å². The van der Waals surface area contributed by atoms with Gasteiger partial charge in [-0.25, -0.2) is 0 Å². The molecule has 1 heterocycles. The predicted octanol–water partition coefficient (Wildman–Crippen LogP) is 4.52. The molecule has 2 rings (SSSR count). The second kappa shape index (κ2) is 4.04. The van der Waals surface area contributed by atoms with Crippen LogP contribution >= 0.6 is 43.5 Å². The van der Waals surface area contributed by atoms with Gasteiger partial charge in [-0.3, -0.25) is 0 Å². The quantitative estimate of drug-likeness (QED) is 0.765. The van der Waals surface area contributed by atoms with E-state index in [9.17, 15) is 0 Å². The zero-order valence-corrected chi connectivity index (χ0v) is 10.7. The molecule has 2 aromatic rings. The van der Waals surface area contributed by atoms with Gasteiger partial charge in [-0.15, -0.1) is 0 Å². The van der Waals surface area contributed by atoms with Crippen molar-refractivity contribution in [2.24, 2.45) is 0 Å². The summed E-state index contributed by atoms with van der Waals surface area (Å²) >= 11 is 12.5. The molecule has 0 radical (unpaired) electrons. The lowest BCUT2D eigenvalue weighted by molar-refractivity contribution is 0.423. The summed E-state index contributed by atoms with van der Waals surface area (Å²) in [6.07, 6.45) is 0. The number of halogens is 3. The fraction of sp³-hybridized carbons (Fsp3) is 0. The largest absolute Gasteiger partial charge is 0.343 e. The summed E-state index contributed by atoms with van der Waals surface area (Å²) in [4.78, 5) is 0. The van der Waals surface area contributed by atoms with Crippen molar-refractivity contribution in [3.05, 3.63) is 38.4 Å². The maximum Gasteiger partial charge on any atom is 0.240 e. The minimum Gasteiger partial charge on any atom is -0.343 e. The van der Waals surface area contributed by atoms with Gasteiger partial charge in [-0.05, 0) is 33.6 Å². The molecule has 0 fully saturated rings. The Morgan fingerprint density at radius 2 is 1.93 bits per heavy atom. The van der Waals surface area contributed by atoms with E-state index in [1.165, 1.54) is 0 Å². The van der Waals surface area contributed by atoms with Crippen LogP contribution in [0.5, 0.6) is 0 Å². The highest BCUT2D eigenvalue weighted by Gasteiger charge is 2.14. The first-order valence-electron chi connectivity index (χ1n) is 3.75. The van der Waals surface area contributed by atoms with Crippen LogP contribution in [0.4, 0.5) is 0 Å². The van der Waals surface area contributed by atoms with E-state index in [2.05, 4.69) is 37.0 Å². The van der Waals surface area contributed by atoms with E-state index < -0.39 is 0 Å². The molecule has 1 aromatic heterocycles. The van der Waals surface area contributed by atoms with Gasteiger partial charge in [0, 0.05) is 10.0 Å². The average Bonchev–Trinajstić information content (AvgIpc) is 2.49. The summed E-state index contributed by atoms with van der Waals surface area (Å²) in [5.41, 5.74) is 1.64. The number of hydrogen-bond donors (Lipinski definition) is 0. The minimum absolute atomic E-state index is 0.260. The summed E-state index contributed by atoms with van der Waals surface area (Å²) in [5, 5.41) is 4.12. The van der Waals surface area contributed by atoms with E-state index in [1.807, 2.05) is 24.3 Å². The third-order valence-electron chi connectivity index (χ3n) is 1.73. The molecule has 0 saturated carbocycles. The molecular formula is C9H4Br2ClNO. The third kappa shape index (κ3) is 1.74. The van der Waals surface area contributed by atoms with Crippen LogP contribution < -0.4 is 0 Å². The molecule has 0 unspecified atom stereocenters. The number of benzene rings is 1. The predicted molar refractivity (Wildman–Crippen MR) is 62.3 cm³/mol. The molecule has 0 N–H and O–H groups in total. The molecular weight excluding hydrogens is 333 g/mol. The number of hydrogen-bond acceptors (Lipinski definition) is 2. The Labute approximate surface area is 102 Å². The molecule has 0 aliphatic carbocycles. The lowest BCUT2D eigenvalue weighted by Crippen LogP contribution is -1.79. The first kappa shape index (κ1) is 10.2. The molecule has 0 atom stereocenters. The minimum atomic E-state index is 0.260. The van der Waals surface area contributed by atoms with Crippen molar-refractivity contribution in [1.82, 2.24) is 5.16 Å². The van der Waals surface area contributed by atoms with Crippen molar-refractivity contribution in [1.29, 1.82) is 0 Å². The van der Waals surface area contributed by atoms with Crippen LogP contribution in [0.1, 0.15) is 0 Å². The van der Waals surface area contributed by atoms with E-state index in [4.69, 9.17) is 16.1 Å². The van der Waals surface area contributed by atoms with Gasteiger partial charge >= 0.3 is 0 Å². The van der Waals surface area contributed by atoms with E-state index in [0.717, 1.165) is 10.0 Å². The summed E-state index contributed by atoms with van der Waals surface area (Å²) in [5.74, 6) is 0. The molecule has 72 valence electrons. The molecule has 1 aromatic carbocycles. The topological polar surface area (TPSA) is 26.0 Å². The maximum atomic E-state index is 5.74. The third-order valence-corrected chi connectivity index (χ3v) is 3.64. The van der Waals surface area contributed by atoms with Crippen LogP contribution in [0, 0.1) is 0 Å². The van der Waals surface area contributed by atoms with Crippen LogP contribution in [-0.2, 0) is 0 Å². The Bertz CT molecular complexity index is 470. The summed E-state index contributed by atoms with van der Waals surface area (Å²) in [6.45, 7) is 0. The Kier molecular flexibility index (Phi) is 2.95. The molecule has 0 amide bonds. The highest BCUT2D eigenvalue weighted by atomic mass is 79.9. The first-order chi connectivity index (χ1) is 6.70. The highest BCUT2D eigenvalue weighted by molar-refractivity contribution is 9.11. The highest BCUT2D eigenvalue weighted by Crippen LogP contribution is 2.36. The van der Waals surface area contributed by atoms with Gasteiger partial charge < -0.3 is 4.52 Å². The van der Waals surface area contributed by atoms with E-state index >= 15 is 0 Å². The summed E-state index contributed by atoms with van der Waals surface area (Å²) in [6, 6.07) is 7.73. The lowest BCUT2D eigenvalue weighted by atomic mass is 10.2. The van der Waals surface area contributed by atoms with E-state index in [-0.39, 0.29) is 5.22 Å². The molecule has 0 aliphatic rings. The fourth-order valence-corrected chi connectivity index (χ4v) is 2.03. The molecule has 5 heteroatoms. The van der Waals surface area contributed by atoms with Gasteiger partial charge in [-0.1, -0.05) is 39.3 Å². The van der Waals surface area contributed by atoms with Crippen LogP contribution in [0.2, 0.25) is 5.22 Å². The van der Waals surface area contributed by atoms with Gasteiger partial charge in [0.2, 0.25) is 5.22 Å². The number of nitrogens with zero attached hydrogens (tertiary/aromatic N) is 1. The average molecular weight is 337 g/mol. The smallest absolute Gasteiger partial charge is 0.240 e. The van der Waals surface area contributed by atoms with Crippen LogP contribution in [0.25, 0.3) is 11.3 Å². The van der Waals surface area contributed by atoms with E-state index in [1.54, 1.807) is 0 Å². The maximum absolute atomic E-state index is 5.74. The number of rotatable bonds is 1. The monoisotopic (exact) mass is 335 g/mol. The van der Waals surface area contributed by atoms with Crippen molar-refractivity contribution in [2.45, 2.75) is 0 Å². The standard InChI is InChI=1S/C9H4Br2ClNO/c10-6-4-2-1-3-5(6)8-7(11)9(12)14-13-8/h1-4H. The second-order valence-corrected chi connectivity index (χ2v) is 4.59. The van der Waals surface area contributed by atoms with Crippen molar-refractivity contribution in [2.75, 3.05) is 0 Å². The SMILES string of the molecule is Clc1onc(-c2ccccc2Br)c1Br. The lowest BCUT2D eigenvalue weighted by Gasteiger charge is -1.98. The van der Waals surface area contributed by atoms with Gasteiger partial charge in [-0.2, -0.15) is 0 Å². The number of aromatic nitrogens is 1. The van der Waals surface area contributed by atoms with Gasteiger partial charge in [0.25, 0.3) is 0 Å². The van der Waals surface area contributed by atoms with Crippen molar-refractivity contribution >= 4 is 43.5 Å². The van der Waals surface area contributed by atoms with E-state index in [0.29, 0.717) is 10.2 Å². The van der Waals surface area contributed by atoms with Gasteiger partial charge in [0.05, 0.1) is 0 Å². The van der Waals surface area contributed by atoms with Crippen molar-refractivity contribution in [3.63, 3.8) is 0 Å². The van der Waals surface area contributed by atoms with Crippen LogP contribution in [0.3, 0.4) is 0 Å². The Morgan fingerprint density at radius 3 is 2.50 bits per heavy atom. The fourth-order valence-electron chi connectivity index (χ4n) is 1.08. The van der Waals surface area contributed by atoms with Gasteiger partial charge in [0.1, 0.15) is 10.2 Å². The Morgan fingerprint density at radius 1 is 1.21 bits per heavy atom. The molecule has 0 spiro atoms.